The van der Waals surface area contributed by atoms with E-state index in [1.165, 1.54) is 5.39 Å². The van der Waals surface area contributed by atoms with Crippen LogP contribution in [0.4, 0.5) is 0 Å². The molecule has 0 spiro atoms. The molecule has 0 fully saturated rings. The molecule has 0 bridgehead atoms. The van der Waals surface area contributed by atoms with E-state index < -0.39 is 10.8 Å². The standard InChI is InChI=1S/C24H18N2OS/c1-28(27)20-13-11-18(12-14-20)22-23-21-10-6-5-7-17(21)15-16-26(23)24(25-22)19-8-3-2-4-9-19/h2-16H,1H3. The summed E-state index contributed by atoms with van der Waals surface area (Å²) in [7, 11) is -0.993. The molecule has 5 rings (SSSR count). The Bertz CT molecular complexity index is 1320. The summed E-state index contributed by atoms with van der Waals surface area (Å²) in [5.74, 6) is 0.916. The molecule has 0 N–H and O–H groups in total. The zero-order valence-corrected chi connectivity index (χ0v) is 16.2. The summed E-state index contributed by atoms with van der Waals surface area (Å²) in [6, 6.07) is 28.6. The van der Waals surface area contributed by atoms with Gasteiger partial charge >= 0.3 is 0 Å². The van der Waals surface area contributed by atoms with Crippen LogP contribution in [0, 0.1) is 0 Å². The van der Waals surface area contributed by atoms with Gasteiger partial charge in [0.15, 0.2) is 0 Å². The van der Waals surface area contributed by atoms with Gasteiger partial charge in [-0.2, -0.15) is 0 Å². The van der Waals surface area contributed by atoms with E-state index >= 15 is 0 Å². The molecule has 2 heterocycles. The Balaban J connectivity index is 1.85. The molecule has 1 unspecified atom stereocenters. The molecule has 0 aliphatic heterocycles. The fourth-order valence-electron chi connectivity index (χ4n) is 3.64. The number of fused-ring (bicyclic) bond motifs is 3. The number of benzene rings is 3. The Morgan fingerprint density at radius 2 is 1.50 bits per heavy atom. The largest absolute Gasteiger partial charge is 0.298 e. The van der Waals surface area contributed by atoms with Gasteiger partial charge in [0, 0.05) is 44.7 Å². The maximum atomic E-state index is 11.8. The first kappa shape index (κ1) is 16.9. The molecule has 2 aromatic heterocycles. The monoisotopic (exact) mass is 382 g/mol. The molecule has 28 heavy (non-hydrogen) atoms. The van der Waals surface area contributed by atoms with Crippen molar-refractivity contribution in [1.82, 2.24) is 9.38 Å². The Morgan fingerprint density at radius 1 is 0.786 bits per heavy atom. The summed E-state index contributed by atoms with van der Waals surface area (Å²) >= 11 is 0. The highest BCUT2D eigenvalue weighted by molar-refractivity contribution is 7.84. The van der Waals surface area contributed by atoms with Crippen molar-refractivity contribution in [3.63, 3.8) is 0 Å². The van der Waals surface area contributed by atoms with Gasteiger partial charge in [0.25, 0.3) is 0 Å². The third-order valence-corrected chi connectivity index (χ3v) is 5.96. The van der Waals surface area contributed by atoms with E-state index in [-0.39, 0.29) is 0 Å². The van der Waals surface area contributed by atoms with Crippen molar-refractivity contribution in [2.45, 2.75) is 4.90 Å². The van der Waals surface area contributed by atoms with Gasteiger partial charge in [0.2, 0.25) is 0 Å². The van der Waals surface area contributed by atoms with Crippen LogP contribution in [0.2, 0.25) is 0 Å². The van der Waals surface area contributed by atoms with Gasteiger partial charge in [-0.1, -0.05) is 66.7 Å². The molecule has 0 amide bonds. The number of hydrogen-bond acceptors (Lipinski definition) is 2. The number of nitrogens with zero attached hydrogens (tertiary/aromatic N) is 2. The van der Waals surface area contributed by atoms with E-state index in [9.17, 15) is 4.21 Å². The summed E-state index contributed by atoms with van der Waals surface area (Å²) in [4.78, 5) is 5.86. The first-order chi connectivity index (χ1) is 13.7. The number of hydrogen-bond donors (Lipinski definition) is 0. The molecule has 3 nitrogen and oxygen atoms in total. The molecular weight excluding hydrogens is 364 g/mol. The number of pyridine rings is 1. The highest BCUT2D eigenvalue weighted by Crippen LogP contribution is 2.34. The second-order valence-corrected chi connectivity index (χ2v) is 8.13. The summed E-state index contributed by atoms with van der Waals surface area (Å²) in [5, 5.41) is 2.35. The maximum absolute atomic E-state index is 11.8. The van der Waals surface area contributed by atoms with Crippen LogP contribution in [0.25, 0.3) is 38.9 Å². The summed E-state index contributed by atoms with van der Waals surface area (Å²) in [6.07, 6.45) is 3.79. The van der Waals surface area contributed by atoms with Crippen LogP contribution in [0.1, 0.15) is 0 Å². The quantitative estimate of drug-likeness (QED) is 0.409. The van der Waals surface area contributed by atoms with Gasteiger partial charge in [0.1, 0.15) is 5.82 Å². The van der Waals surface area contributed by atoms with E-state index in [0.29, 0.717) is 0 Å². The van der Waals surface area contributed by atoms with Crippen LogP contribution in [0.3, 0.4) is 0 Å². The Hall–Kier alpha value is -3.24. The predicted octanol–water partition coefficient (Wildman–Crippen LogP) is 5.56. The van der Waals surface area contributed by atoms with Crippen LogP contribution in [-0.2, 0) is 10.8 Å². The van der Waals surface area contributed by atoms with Gasteiger partial charge in [-0.15, -0.1) is 0 Å². The second kappa shape index (κ2) is 6.73. The fraction of sp³-hybridized carbons (Fsp3) is 0.0417. The molecular formula is C24H18N2OS. The molecule has 5 aromatic rings. The Labute approximate surface area is 165 Å². The molecule has 0 saturated carbocycles. The van der Waals surface area contributed by atoms with E-state index in [4.69, 9.17) is 4.98 Å². The highest BCUT2D eigenvalue weighted by Gasteiger charge is 2.16. The zero-order valence-electron chi connectivity index (χ0n) is 15.4. The van der Waals surface area contributed by atoms with E-state index in [1.54, 1.807) is 6.26 Å². The van der Waals surface area contributed by atoms with E-state index in [1.807, 2.05) is 42.5 Å². The van der Waals surface area contributed by atoms with Gasteiger partial charge in [-0.25, -0.2) is 4.98 Å². The van der Waals surface area contributed by atoms with Crippen molar-refractivity contribution >= 4 is 27.1 Å². The highest BCUT2D eigenvalue weighted by atomic mass is 32.2. The first-order valence-electron chi connectivity index (χ1n) is 9.11. The van der Waals surface area contributed by atoms with Gasteiger partial charge < -0.3 is 0 Å². The Morgan fingerprint density at radius 3 is 2.25 bits per heavy atom. The zero-order chi connectivity index (χ0) is 19.1. The SMILES string of the molecule is CS(=O)c1ccc(-c2nc(-c3ccccc3)n3ccc4ccccc4c23)cc1. The molecule has 1 atom stereocenters. The minimum atomic E-state index is -0.993. The first-order valence-corrected chi connectivity index (χ1v) is 10.7. The lowest BCUT2D eigenvalue weighted by Crippen LogP contribution is -1.89. The lowest BCUT2D eigenvalue weighted by atomic mass is 10.1. The van der Waals surface area contributed by atoms with Crippen molar-refractivity contribution in [3.8, 4) is 22.6 Å². The average molecular weight is 382 g/mol. The fourth-order valence-corrected chi connectivity index (χ4v) is 4.16. The van der Waals surface area contributed by atoms with Crippen LogP contribution >= 0.6 is 0 Å². The van der Waals surface area contributed by atoms with Crippen molar-refractivity contribution < 1.29 is 4.21 Å². The smallest absolute Gasteiger partial charge is 0.145 e. The summed E-state index contributed by atoms with van der Waals surface area (Å²) in [6.45, 7) is 0. The third kappa shape index (κ3) is 2.74. The molecule has 0 saturated heterocycles. The molecule has 0 radical (unpaired) electrons. The lowest BCUT2D eigenvalue weighted by molar-refractivity contribution is 0.687. The van der Waals surface area contributed by atoms with Crippen molar-refractivity contribution in [2.75, 3.05) is 6.26 Å². The number of aromatic nitrogens is 2. The predicted molar refractivity (Wildman–Crippen MR) is 116 cm³/mol. The molecule has 0 aliphatic rings. The molecule has 4 heteroatoms. The van der Waals surface area contributed by atoms with Crippen molar-refractivity contribution in [1.29, 1.82) is 0 Å². The summed E-state index contributed by atoms with van der Waals surface area (Å²) < 4.78 is 13.9. The molecule has 3 aromatic carbocycles. The Kier molecular flexibility index (Phi) is 4.06. The normalized spacial score (nSPS) is 12.5. The van der Waals surface area contributed by atoms with Crippen LogP contribution in [0.15, 0.2) is 96.0 Å². The lowest BCUT2D eigenvalue weighted by Gasteiger charge is -2.06. The summed E-state index contributed by atoms with van der Waals surface area (Å²) in [5.41, 5.74) is 4.11. The van der Waals surface area contributed by atoms with Crippen LogP contribution in [0.5, 0.6) is 0 Å². The topological polar surface area (TPSA) is 34.4 Å². The minimum Gasteiger partial charge on any atom is -0.298 e. The van der Waals surface area contributed by atoms with E-state index in [2.05, 4.69) is 53.1 Å². The second-order valence-electron chi connectivity index (χ2n) is 6.75. The van der Waals surface area contributed by atoms with Crippen LogP contribution < -0.4 is 0 Å². The van der Waals surface area contributed by atoms with Gasteiger partial charge in [-0.05, 0) is 23.6 Å². The third-order valence-electron chi connectivity index (χ3n) is 5.02. The maximum Gasteiger partial charge on any atom is 0.145 e. The van der Waals surface area contributed by atoms with Crippen molar-refractivity contribution in [2.24, 2.45) is 0 Å². The van der Waals surface area contributed by atoms with Crippen molar-refractivity contribution in [3.05, 3.63) is 91.1 Å². The van der Waals surface area contributed by atoms with Gasteiger partial charge in [-0.3, -0.25) is 8.61 Å². The van der Waals surface area contributed by atoms with E-state index in [0.717, 1.165) is 38.4 Å². The number of rotatable bonds is 3. The average Bonchev–Trinajstić information content (AvgIpc) is 3.14. The minimum absolute atomic E-state index is 0.820. The number of imidazole rings is 1. The van der Waals surface area contributed by atoms with Gasteiger partial charge in [0.05, 0.1) is 11.2 Å². The molecule has 0 aliphatic carbocycles. The molecule has 136 valence electrons. The van der Waals surface area contributed by atoms with Crippen LogP contribution in [-0.4, -0.2) is 19.8 Å².